The molecule has 0 amide bonds. The first kappa shape index (κ1) is 23.8. The van der Waals surface area contributed by atoms with Gasteiger partial charge in [-0.15, -0.1) is 0 Å². The fraction of sp³-hybridized carbons (Fsp3) is 0.885. The van der Waals surface area contributed by atoms with Gasteiger partial charge in [-0.2, -0.15) is 0 Å². The van der Waals surface area contributed by atoms with Gasteiger partial charge < -0.3 is 9.84 Å². The average Bonchev–Trinajstić information content (AvgIpc) is 3.23. The minimum atomic E-state index is -0.552. The van der Waals surface area contributed by atoms with Crippen molar-refractivity contribution in [2.75, 3.05) is 0 Å². The molecule has 0 aliphatic heterocycles. The maximum Gasteiger partial charge on any atom is 0.308 e. The molecular weight excluding hydrogens is 587 g/mol. The Bertz CT molecular complexity index is 634. The molecule has 5 saturated carbocycles. The number of aliphatic hydroxyl groups excluding tert-OH is 1. The van der Waals surface area contributed by atoms with Crippen molar-refractivity contribution in [1.82, 2.24) is 0 Å². The summed E-state index contributed by atoms with van der Waals surface area (Å²) in [7, 11) is 0. The Kier molecular flexibility index (Phi) is 7.21. The molecule has 0 heterocycles. The van der Waals surface area contributed by atoms with E-state index in [2.05, 4.69) is 26.0 Å². The average molecular weight is 628 g/mol. The molecule has 3 nitrogen and oxygen atoms in total. The van der Waals surface area contributed by atoms with Crippen LogP contribution in [-0.4, -0.2) is 22.8 Å². The predicted octanol–water partition coefficient (Wildman–Crippen LogP) is 5.66. The molecule has 6 rings (SSSR count). The normalized spacial score (nSPS) is 41.7. The molecule has 4 heteroatoms. The summed E-state index contributed by atoms with van der Waals surface area (Å²) < 4.78 is 6.11. The number of fused-ring (bicyclic) bond motifs is 2. The summed E-state index contributed by atoms with van der Waals surface area (Å²) in [5.74, 6) is 4.77. The molecule has 1 radical (unpaired) electrons. The van der Waals surface area contributed by atoms with Crippen LogP contribution < -0.4 is 0 Å². The van der Waals surface area contributed by atoms with E-state index in [0.717, 1.165) is 48.3 Å². The molecule has 165 valence electrons. The molecule has 0 spiro atoms. The first-order valence-electron chi connectivity index (χ1n) is 12.4. The van der Waals surface area contributed by atoms with Gasteiger partial charge in [0.25, 0.3) is 0 Å². The number of rotatable bonds is 8. The van der Waals surface area contributed by atoms with Crippen LogP contribution >= 0.6 is 0 Å². The van der Waals surface area contributed by atoms with Crippen LogP contribution in [-0.2, 0) is 9.53 Å². The van der Waals surface area contributed by atoms with Crippen molar-refractivity contribution in [3.05, 3.63) is 12.2 Å². The molecule has 4 atom stereocenters. The quantitative estimate of drug-likeness (QED) is 0.279. The number of ether oxygens (including phenoxy) is 1. The van der Waals surface area contributed by atoms with Crippen LogP contribution in [0.5, 0.6) is 0 Å². The predicted molar refractivity (Wildman–Crippen MR) is 114 cm³/mol. The topological polar surface area (TPSA) is 46.5 Å². The van der Waals surface area contributed by atoms with Crippen LogP contribution in [0.1, 0.15) is 90.9 Å². The third-order valence-corrected chi connectivity index (χ3v) is 9.62. The van der Waals surface area contributed by atoms with Gasteiger partial charge in [-0.05, 0) is 114 Å². The second-order valence-electron chi connectivity index (χ2n) is 12.0. The third kappa shape index (κ3) is 4.63. The Labute approximate surface area is 218 Å². The monoisotopic (exact) mass is 627 g/mol. The van der Waals surface area contributed by atoms with Crippen molar-refractivity contribution in [3.63, 3.8) is 0 Å². The van der Waals surface area contributed by atoms with Gasteiger partial charge in [0.1, 0.15) is 5.60 Å². The Hall–Kier alpha value is 0.612. The number of hydrogen-bond donors (Lipinski definition) is 1. The molecule has 0 aromatic carbocycles. The Morgan fingerprint density at radius 1 is 1.07 bits per heavy atom. The second kappa shape index (κ2) is 9.10. The largest absolute Gasteiger partial charge is 0.459 e. The smallest absolute Gasteiger partial charge is 0.308 e. The van der Waals surface area contributed by atoms with Gasteiger partial charge in [0.15, 0.2) is 0 Å². The Morgan fingerprint density at radius 2 is 1.70 bits per heavy atom. The van der Waals surface area contributed by atoms with Crippen molar-refractivity contribution in [3.8, 4) is 0 Å². The molecule has 6 aliphatic carbocycles. The van der Waals surface area contributed by atoms with Crippen LogP contribution in [0.2, 0.25) is 0 Å². The number of aliphatic hydroxyl groups is 1. The first-order valence-corrected chi connectivity index (χ1v) is 12.4. The second-order valence-corrected chi connectivity index (χ2v) is 12.0. The van der Waals surface area contributed by atoms with E-state index < -0.39 is 11.7 Å². The van der Waals surface area contributed by atoms with Gasteiger partial charge in [-0.3, -0.25) is 4.79 Å². The van der Waals surface area contributed by atoms with Crippen LogP contribution in [0.4, 0.5) is 0 Å². The Morgan fingerprint density at radius 3 is 2.23 bits per heavy atom. The SMILES string of the molecule is CC(C)(OC(=O)CC(O)CCCC1CC2C=CC1C2)C12CC3CC(CC(C3)C1)C2.[Ac]. The Balaban J connectivity index is 0.00000218. The molecule has 1 N–H and O–H groups in total. The third-order valence-electron chi connectivity index (χ3n) is 9.62. The van der Waals surface area contributed by atoms with Crippen molar-refractivity contribution < 1.29 is 58.7 Å². The number of hydrogen-bond acceptors (Lipinski definition) is 3. The van der Waals surface area contributed by atoms with Gasteiger partial charge >= 0.3 is 5.97 Å². The minimum absolute atomic E-state index is 0. The summed E-state index contributed by atoms with van der Waals surface area (Å²) in [5.41, 5.74) is -0.229. The molecule has 0 aromatic heterocycles. The van der Waals surface area contributed by atoms with E-state index in [0.29, 0.717) is 0 Å². The van der Waals surface area contributed by atoms with Gasteiger partial charge in [0.2, 0.25) is 0 Å². The molecule has 0 aromatic rings. The zero-order valence-electron chi connectivity index (χ0n) is 19.0. The van der Waals surface area contributed by atoms with Crippen LogP contribution in [0.3, 0.4) is 0 Å². The van der Waals surface area contributed by atoms with E-state index in [4.69, 9.17) is 4.74 Å². The molecule has 0 saturated heterocycles. The zero-order chi connectivity index (χ0) is 20.2. The molecule has 6 bridgehead atoms. The van der Waals surface area contributed by atoms with Gasteiger partial charge in [0.05, 0.1) is 12.5 Å². The minimum Gasteiger partial charge on any atom is -0.459 e. The summed E-state index contributed by atoms with van der Waals surface area (Å²) in [4.78, 5) is 12.7. The van der Waals surface area contributed by atoms with Crippen molar-refractivity contribution in [2.24, 2.45) is 40.9 Å². The molecule has 5 fully saturated rings. The fourth-order valence-electron chi connectivity index (χ4n) is 8.42. The van der Waals surface area contributed by atoms with Crippen LogP contribution in [0.25, 0.3) is 0 Å². The zero-order valence-corrected chi connectivity index (χ0v) is 23.8. The fourth-order valence-corrected chi connectivity index (χ4v) is 8.42. The number of carbonyl (C=O) groups is 1. The maximum atomic E-state index is 12.7. The van der Waals surface area contributed by atoms with Crippen LogP contribution in [0, 0.1) is 85.0 Å². The summed E-state index contributed by atoms with van der Waals surface area (Å²) in [6.07, 6.45) is 17.9. The van der Waals surface area contributed by atoms with E-state index in [1.807, 2.05) is 0 Å². The summed E-state index contributed by atoms with van der Waals surface area (Å²) in [6.45, 7) is 4.29. The van der Waals surface area contributed by atoms with Crippen LogP contribution in [0.15, 0.2) is 12.2 Å². The summed E-state index contributed by atoms with van der Waals surface area (Å²) >= 11 is 0. The van der Waals surface area contributed by atoms with Gasteiger partial charge in [-0.1, -0.05) is 18.6 Å². The molecular formula is C26H40AcO3. The van der Waals surface area contributed by atoms with Crippen molar-refractivity contribution >= 4 is 5.97 Å². The van der Waals surface area contributed by atoms with E-state index >= 15 is 0 Å². The molecule has 30 heavy (non-hydrogen) atoms. The van der Waals surface area contributed by atoms with E-state index in [1.165, 1.54) is 57.8 Å². The standard InChI is InChI=1S/C26H40O3.Ac/c1-25(2,26-14-18-8-19(15-26)10-20(9-18)16-26)29-24(28)13-23(27)5-3-4-21-11-17-6-7-22(21)12-17;/h6-7,17-23,27H,3-5,8-16H2,1-2H3;. The number of esters is 1. The van der Waals surface area contributed by atoms with E-state index in [9.17, 15) is 9.90 Å². The summed E-state index contributed by atoms with van der Waals surface area (Å²) in [6, 6.07) is 0. The van der Waals surface area contributed by atoms with Gasteiger partial charge in [-0.25, -0.2) is 0 Å². The van der Waals surface area contributed by atoms with Crippen molar-refractivity contribution in [2.45, 2.75) is 103 Å². The number of allylic oxidation sites excluding steroid dienone is 2. The van der Waals surface area contributed by atoms with E-state index in [-0.39, 0.29) is 61.9 Å². The van der Waals surface area contributed by atoms with Gasteiger partial charge in [0, 0.05) is 49.5 Å². The maximum absolute atomic E-state index is 12.7. The van der Waals surface area contributed by atoms with E-state index in [1.54, 1.807) is 0 Å². The summed E-state index contributed by atoms with van der Waals surface area (Å²) in [5, 5.41) is 10.4. The first-order chi connectivity index (χ1) is 13.8. The molecule has 6 aliphatic rings. The number of carbonyl (C=O) groups excluding carboxylic acids is 1. The molecule has 4 unspecified atom stereocenters. The van der Waals surface area contributed by atoms with Crippen molar-refractivity contribution in [1.29, 1.82) is 0 Å².